The van der Waals surface area contributed by atoms with E-state index in [1.165, 1.54) is 9.80 Å². The van der Waals surface area contributed by atoms with Crippen LogP contribution in [0.15, 0.2) is 22.2 Å². The molecular formula is C26H30Cl2N4O6. The molecule has 0 saturated carbocycles. The van der Waals surface area contributed by atoms with Crippen LogP contribution in [0.3, 0.4) is 0 Å². The van der Waals surface area contributed by atoms with Crippen LogP contribution in [0.1, 0.15) is 38.5 Å². The summed E-state index contributed by atoms with van der Waals surface area (Å²) in [6.07, 6.45) is 5.25. The van der Waals surface area contributed by atoms with Crippen LogP contribution in [0.5, 0.6) is 0 Å². The third-order valence-corrected chi connectivity index (χ3v) is 9.02. The Bertz CT molecular complexity index is 1060. The smallest absolute Gasteiger partial charge is 0.233 e. The zero-order chi connectivity index (χ0) is 27.1. The summed E-state index contributed by atoms with van der Waals surface area (Å²) in [5.74, 6) is -3.00. The zero-order valence-corrected chi connectivity index (χ0v) is 22.5. The molecule has 0 unspecified atom stereocenters. The van der Waals surface area contributed by atoms with Crippen LogP contribution in [-0.4, -0.2) is 94.3 Å². The van der Waals surface area contributed by atoms with Crippen molar-refractivity contribution < 1.29 is 28.8 Å². The van der Waals surface area contributed by atoms with Crippen molar-refractivity contribution in [3.05, 3.63) is 22.2 Å². The Labute approximate surface area is 230 Å². The third-order valence-electron chi connectivity index (χ3n) is 8.40. The number of piperazine rings is 1. The van der Waals surface area contributed by atoms with E-state index >= 15 is 0 Å². The summed E-state index contributed by atoms with van der Waals surface area (Å²) in [4.78, 5) is 81.9. The summed E-state index contributed by atoms with van der Waals surface area (Å²) >= 11 is 12.1. The number of nitrogens with zero attached hydrogens (tertiary/aromatic N) is 4. The van der Waals surface area contributed by atoms with Crippen molar-refractivity contribution in [1.29, 1.82) is 0 Å². The van der Waals surface area contributed by atoms with Crippen molar-refractivity contribution in [2.24, 2.45) is 23.7 Å². The highest BCUT2D eigenvalue weighted by Gasteiger charge is 2.49. The van der Waals surface area contributed by atoms with E-state index in [0.29, 0.717) is 61.9 Å². The van der Waals surface area contributed by atoms with E-state index in [-0.39, 0.29) is 73.2 Å². The molecule has 3 aliphatic heterocycles. The highest BCUT2D eigenvalue weighted by atomic mass is 35.5. The molecule has 0 aromatic heterocycles. The molecule has 0 N–H and O–H groups in total. The lowest BCUT2D eigenvalue weighted by Gasteiger charge is -2.35. The average molecular weight is 565 g/mol. The Balaban J connectivity index is 1.05. The Morgan fingerprint density at radius 2 is 0.974 bits per heavy atom. The number of allylic oxidation sites excluding steroid dienone is 4. The largest absolute Gasteiger partial charge is 0.339 e. The molecule has 0 aromatic carbocycles. The van der Waals surface area contributed by atoms with E-state index in [2.05, 4.69) is 0 Å². The minimum atomic E-state index is -0.436. The van der Waals surface area contributed by atoms with Gasteiger partial charge in [-0.25, -0.2) is 0 Å². The van der Waals surface area contributed by atoms with Crippen LogP contribution in [0.4, 0.5) is 0 Å². The van der Waals surface area contributed by atoms with Crippen LogP contribution in [0.25, 0.3) is 0 Å². The van der Waals surface area contributed by atoms with Gasteiger partial charge in [-0.2, -0.15) is 0 Å². The predicted molar refractivity (Wildman–Crippen MR) is 136 cm³/mol. The van der Waals surface area contributed by atoms with Gasteiger partial charge in [-0.3, -0.25) is 38.6 Å². The summed E-state index contributed by atoms with van der Waals surface area (Å²) in [6.45, 7) is 1.45. The second-order valence-corrected chi connectivity index (χ2v) is 11.5. The molecule has 204 valence electrons. The standard InChI is InChI=1S/C26H30Cl2N4O6/c27-15-1-3-17-19(13-15)25(37)31(23(17)35)7-5-21(33)29-9-11-30(12-10-29)22(34)6-8-32-24(36)18-4-2-16(28)14-20(18)26(32)38/h1-2,17-20H,3-14H2/t17-,18-,19-,20+/m1/s1. The van der Waals surface area contributed by atoms with Gasteiger partial charge in [-0.15, -0.1) is 0 Å². The van der Waals surface area contributed by atoms with Gasteiger partial charge < -0.3 is 9.80 Å². The maximum Gasteiger partial charge on any atom is 0.233 e. The van der Waals surface area contributed by atoms with E-state index < -0.39 is 11.8 Å². The molecule has 5 aliphatic rings. The van der Waals surface area contributed by atoms with Crippen molar-refractivity contribution in [1.82, 2.24) is 19.6 Å². The van der Waals surface area contributed by atoms with Gasteiger partial charge in [-0.1, -0.05) is 35.4 Å². The number of amides is 6. The molecule has 0 aromatic rings. The molecule has 2 aliphatic carbocycles. The Kier molecular flexibility index (Phi) is 7.64. The molecular weight excluding hydrogens is 535 g/mol. The fourth-order valence-electron chi connectivity index (χ4n) is 6.17. The summed E-state index contributed by atoms with van der Waals surface area (Å²) in [7, 11) is 0. The normalized spacial score (nSPS) is 29.4. The highest BCUT2D eigenvalue weighted by Crippen LogP contribution is 2.40. The van der Waals surface area contributed by atoms with Gasteiger partial charge in [0.25, 0.3) is 0 Å². The molecule has 10 nitrogen and oxygen atoms in total. The molecule has 0 bridgehead atoms. The van der Waals surface area contributed by atoms with E-state index in [0.717, 1.165) is 0 Å². The Morgan fingerprint density at radius 3 is 1.34 bits per heavy atom. The molecule has 5 rings (SSSR count). The average Bonchev–Trinajstić information content (AvgIpc) is 3.28. The number of carbonyl (C=O) groups excluding carboxylic acids is 6. The Morgan fingerprint density at radius 1 is 0.632 bits per heavy atom. The maximum absolute atomic E-state index is 12.8. The van der Waals surface area contributed by atoms with Crippen LogP contribution in [0, 0.1) is 23.7 Å². The number of hydrogen-bond donors (Lipinski definition) is 0. The lowest BCUT2D eigenvalue weighted by molar-refractivity contribution is -0.145. The van der Waals surface area contributed by atoms with Crippen molar-refractivity contribution in [3.8, 4) is 0 Å². The number of fused-ring (bicyclic) bond motifs is 2. The number of imide groups is 2. The molecule has 0 spiro atoms. The summed E-state index contributed by atoms with van der Waals surface area (Å²) in [5.41, 5.74) is 0. The van der Waals surface area contributed by atoms with Crippen molar-refractivity contribution in [2.45, 2.75) is 38.5 Å². The second-order valence-electron chi connectivity index (χ2n) is 10.5. The molecule has 3 heterocycles. The zero-order valence-electron chi connectivity index (χ0n) is 20.9. The first kappa shape index (κ1) is 26.9. The quantitative estimate of drug-likeness (QED) is 0.451. The van der Waals surface area contributed by atoms with Gasteiger partial charge in [0.15, 0.2) is 0 Å². The van der Waals surface area contributed by atoms with E-state index in [1.54, 1.807) is 22.0 Å². The fourth-order valence-corrected chi connectivity index (χ4v) is 6.68. The van der Waals surface area contributed by atoms with Crippen LogP contribution >= 0.6 is 23.2 Å². The predicted octanol–water partition coefficient (Wildman–Crippen LogP) is 1.47. The molecule has 38 heavy (non-hydrogen) atoms. The van der Waals surface area contributed by atoms with Crippen molar-refractivity contribution in [3.63, 3.8) is 0 Å². The molecule has 3 saturated heterocycles. The fraction of sp³-hybridized carbons (Fsp3) is 0.615. The molecule has 3 fully saturated rings. The SMILES string of the molecule is O=C(CCN1C(=O)[C@H]2CC(Cl)=CC[C@H]2C1=O)N1CCN(C(=O)CCN2C(=O)[C@@H]3CC=C(Cl)C[C@H]3C2=O)CC1. The van der Waals surface area contributed by atoms with Gasteiger partial charge in [0, 0.05) is 62.2 Å². The third kappa shape index (κ3) is 5.00. The summed E-state index contributed by atoms with van der Waals surface area (Å²) in [5, 5.41) is 1.19. The number of rotatable bonds is 6. The minimum Gasteiger partial charge on any atom is -0.339 e. The van der Waals surface area contributed by atoms with Crippen molar-refractivity contribution >= 4 is 58.6 Å². The lowest BCUT2D eigenvalue weighted by atomic mass is 9.85. The second kappa shape index (κ2) is 10.8. The molecule has 4 atom stereocenters. The van der Waals surface area contributed by atoms with Gasteiger partial charge >= 0.3 is 0 Å². The summed E-state index contributed by atoms with van der Waals surface area (Å²) in [6, 6.07) is 0. The number of carbonyl (C=O) groups is 6. The van der Waals surface area contributed by atoms with E-state index in [9.17, 15) is 28.8 Å². The van der Waals surface area contributed by atoms with Gasteiger partial charge in [0.05, 0.1) is 23.7 Å². The first-order valence-electron chi connectivity index (χ1n) is 13.1. The van der Waals surface area contributed by atoms with E-state index in [4.69, 9.17) is 23.2 Å². The van der Waals surface area contributed by atoms with Gasteiger partial charge in [0.1, 0.15) is 0 Å². The van der Waals surface area contributed by atoms with E-state index in [1.807, 2.05) is 0 Å². The molecule has 0 radical (unpaired) electrons. The first-order chi connectivity index (χ1) is 18.2. The van der Waals surface area contributed by atoms with Gasteiger partial charge in [-0.05, 0) is 25.7 Å². The highest BCUT2D eigenvalue weighted by molar-refractivity contribution is 6.30. The maximum atomic E-state index is 12.8. The van der Waals surface area contributed by atoms with Crippen LogP contribution in [0.2, 0.25) is 0 Å². The molecule has 6 amide bonds. The monoisotopic (exact) mass is 564 g/mol. The lowest BCUT2D eigenvalue weighted by Crippen LogP contribution is -2.51. The number of likely N-dealkylation sites (tertiary alicyclic amines) is 2. The van der Waals surface area contributed by atoms with Gasteiger partial charge in [0.2, 0.25) is 35.4 Å². The number of hydrogen-bond acceptors (Lipinski definition) is 6. The molecule has 12 heteroatoms. The first-order valence-corrected chi connectivity index (χ1v) is 13.9. The number of halogens is 2. The Hall–Kier alpha value is -2.72. The van der Waals surface area contributed by atoms with Crippen LogP contribution in [-0.2, 0) is 28.8 Å². The van der Waals surface area contributed by atoms with Crippen LogP contribution < -0.4 is 0 Å². The topological polar surface area (TPSA) is 115 Å². The van der Waals surface area contributed by atoms with Crippen molar-refractivity contribution in [2.75, 3.05) is 39.3 Å². The summed E-state index contributed by atoms with van der Waals surface area (Å²) < 4.78 is 0. The minimum absolute atomic E-state index is 0.0341.